The summed E-state index contributed by atoms with van der Waals surface area (Å²) in [7, 11) is 0. The first-order valence-corrected chi connectivity index (χ1v) is 5.40. The average Bonchev–Trinajstić information content (AvgIpc) is 2.63. The Morgan fingerprint density at radius 3 is 2.81 bits per heavy atom. The number of hydrogen-bond donors (Lipinski definition) is 2. The predicted molar refractivity (Wildman–Crippen MR) is 64.6 cm³/mol. The molecule has 0 radical (unpaired) electrons. The van der Waals surface area contributed by atoms with Crippen LogP contribution in [0.3, 0.4) is 0 Å². The molecule has 0 saturated carbocycles. The van der Waals surface area contributed by atoms with Crippen LogP contribution in [-0.2, 0) is 6.54 Å². The molecule has 16 heavy (non-hydrogen) atoms. The molecule has 0 saturated heterocycles. The summed E-state index contributed by atoms with van der Waals surface area (Å²) in [6, 6.07) is 3.70. The van der Waals surface area contributed by atoms with Crippen LogP contribution in [0.25, 0.3) is 0 Å². The van der Waals surface area contributed by atoms with Gasteiger partial charge in [-0.3, -0.25) is 0 Å². The third-order valence-corrected chi connectivity index (χ3v) is 2.64. The van der Waals surface area contributed by atoms with Gasteiger partial charge in [-0.25, -0.2) is 9.97 Å². The third-order valence-electron chi connectivity index (χ3n) is 2.43. The summed E-state index contributed by atoms with van der Waals surface area (Å²) < 4.78 is 0. The molecule has 2 aromatic rings. The molecule has 0 spiro atoms. The number of imidazole rings is 1. The number of pyridine rings is 1. The molecule has 5 heteroatoms. The molecule has 0 unspecified atom stereocenters. The molecule has 4 nitrogen and oxygen atoms in total. The van der Waals surface area contributed by atoms with Crippen molar-refractivity contribution < 1.29 is 0 Å². The second-order valence-electron chi connectivity index (χ2n) is 3.59. The van der Waals surface area contributed by atoms with E-state index in [4.69, 9.17) is 11.6 Å². The summed E-state index contributed by atoms with van der Waals surface area (Å²) in [5, 5.41) is 3.79. The Balaban J connectivity index is 2.08. The maximum absolute atomic E-state index is 5.79. The summed E-state index contributed by atoms with van der Waals surface area (Å²) in [5.41, 5.74) is 3.95. The molecule has 0 fully saturated rings. The van der Waals surface area contributed by atoms with Crippen molar-refractivity contribution in [2.75, 3.05) is 5.32 Å². The lowest BCUT2D eigenvalue weighted by Gasteiger charge is -2.07. The molecule has 0 aromatic carbocycles. The molecule has 0 amide bonds. The largest absolute Gasteiger partial charge is 0.378 e. The lowest BCUT2D eigenvalue weighted by atomic mass is 10.3. The van der Waals surface area contributed by atoms with Gasteiger partial charge in [0, 0.05) is 5.69 Å². The predicted octanol–water partition coefficient (Wildman–Crippen LogP) is 2.69. The zero-order valence-corrected chi connectivity index (χ0v) is 9.97. The Morgan fingerprint density at radius 1 is 1.38 bits per heavy atom. The Bertz CT molecular complexity index is 492. The summed E-state index contributed by atoms with van der Waals surface area (Å²) in [5.74, 6) is 0. The minimum Gasteiger partial charge on any atom is -0.378 e. The number of aromatic amines is 1. The van der Waals surface area contributed by atoms with E-state index in [0.717, 1.165) is 22.8 Å². The fraction of sp³-hybridized carbons (Fsp3) is 0.273. The summed E-state index contributed by atoms with van der Waals surface area (Å²) in [6.07, 6.45) is 1.69. The minimum absolute atomic E-state index is 0.513. The van der Waals surface area contributed by atoms with E-state index in [1.54, 1.807) is 12.4 Å². The molecule has 0 aliphatic rings. The number of rotatable bonds is 3. The van der Waals surface area contributed by atoms with Crippen molar-refractivity contribution in [1.82, 2.24) is 15.0 Å². The van der Waals surface area contributed by atoms with Crippen LogP contribution in [0.2, 0.25) is 5.15 Å². The summed E-state index contributed by atoms with van der Waals surface area (Å²) in [4.78, 5) is 11.4. The highest BCUT2D eigenvalue weighted by Crippen LogP contribution is 2.16. The van der Waals surface area contributed by atoms with Gasteiger partial charge in [-0.15, -0.1) is 0 Å². The second-order valence-corrected chi connectivity index (χ2v) is 3.98. The molecular formula is C11H13ClN4. The van der Waals surface area contributed by atoms with Gasteiger partial charge in [0.1, 0.15) is 5.15 Å². The number of aryl methyl sites for hydroxylation is 2. The molecule has 84 valence electrons. The molecule has 0 aliphatic carbocycles. The van der Waals surface area contributed by atoms with Crippen molar-refractivity contribution in [3.63, 3.8) is 0 Å². The van der Waals surface area contributed by atoms with Gasteiger partial charge in [0.25, 0.3) is 0 Å². The van der Waals surface area contributed by atoms with Crippen LogP contribution in [0.1, 0.15) is 17.1 Å². The number of H-pyrrole nitrogens is 1. The van der Waals surface area contributed by atoms with Gasteiger partial charge < -0.3 is 10.3 Å². The second kappa shape index (κ2) is 4.53. The number of nitrogens with one attached hydrogen (secondary N) is 2. The van der Waals surface area contributed by atoms with Crippen molar-refractivity contribution in [3.8, 4) is 0 Å². The van der Waals surface area contributed by atoms with Crippen LogP contribution in [0.15, 0.2) is 18.5 Å². The lowest BCUT2D eigenvalue weighted by molar-refractivity contribution is 1.04. The topological polar surface area (TPSA) is 53.6 Å². The molecule has 0 aliphatic heterocycles. The zero-order chi connectivity index (χ0) is 11.5. The molecule has 2 aromatic heterocycles. The normalized spacial score (nSPS) is 10.4. The number of halogens is 1. The first kappa shape index (κ1) is 11.0. The SMILES string of the molecule is Cc1nc(Cl)ccc1NCc1nc[nH]c1C. The first-order chi connectivity index (χ1) is 7.66. The zero-order valence-electron chi connectivity index (χ0n) is 9.21. The molecule has 0 atom stereocenters. The highest BCUT2D eigenvalue weighted by Gasteiger charge is 2.03. The number of hydrogen-bond acceptors (Lipinski definition) is 3. The Labute approximate surface area is 99.1 Å². The van der Waals surface area contributed by atoms with Gasteiger partial charge in [0.2, 0.25) is 0 Å². The maximum atomic E-state index is 5.79. The van der Waals surface area contributed by atoms with Gasteiger partial charge in [-0.05, 0) is 26.0 Å². The smallest absolute Gasteiger partial charge is 0.129 e. The van der Waals surface area contributed by atoms with Gasteiger partial charge in [-0.2, -0.15) is 0 Å². The number of anilines is 1. The van der Waals surface area contributed by atoms with E-state index in [1.807, 2.05) is 19.9 Å². The highest BCUT2D eigenvalue weighted by molar-refractivity contribution is 6.29. The van der Waals surface area contributed by atoms with Crippen LogP contribution >= 0.6 is 11.6 Å². The van der Waals surface area contributed by atoms with Crippen molar-refractivity contribution in [3.05, 3.63) is 40.7 Å². The van der Waals surface area contributed by atoms with E-state index in [-0.39, 0.29) is 0 Å². The van der Waals surface area contributed by atoms with Crippen molar-refractivity contribution >= 4 is 17.3 Å². The van der Waals surface area contributed by atoms with Gasteiger partial charge in [-0.1, -0.05) is 11.6 Å². The van der Waals surface area contributed by atoms with Gasteiger partial charge in [0.05, 0.1) is 29.9 Å². The third kappa shape index (κ3) is 2.33. The summed E-state index contributed by atoms with van der Waals surface area (Å²) in [6.45, 7) is 4.60. The van der Waals surface area contributed by atoms with Crippen molar-refractivity contribution in [2.24, 2.45) is 0 Å². The van der Waals surface area contributed by atoms with E-state index >= 15 is 0 Å². The summed E-state index contributed by atoms with van der Waals surface area (Å²) >= 11 is 5.79. The van der Waals surface area contributed by atoms with Crippen molar-refractivity contribution in [1.29, 1.82) is 0 Å². The van der Waals surface area contributed by atoms with Crippen LogP contribution in [-0.4, -0.2) is 15.0 Å². The van der Waals surface area contributed by atoms with Crippen LogP contribution < -0.4 is 5.32 Å². The van der Waals surface area contributed by atoms with Crippen LogP contribution in [0, 0.1) is 13.8 Å². The highest BCUT2D eigenvalue weighted by atomic mass is 35.5. The maximum Gasteiger partial charge on any atom is 0.129 e. The molecule has 2 rings (SSSR count). The van der Waals surface area contributed by atoms with E-state index in [1.165, 1.54) is 0 Å². The van der Waals surface area contributed by atoms with E-state index in [9.17, 15) is 0 Å². The Morgan fingerprint density at radius 2 is 2.19 bits per heavy atom. The quantitative estimate of drug-likeness (QED) is 0.806. The monoisotopic (exact) mass is 236 g/mol. The minimum atomic E-state index is 0.513. The van der Waals surface area contributed by atoms with E-state index in [2.05, 4.69) is 20.3 Å². The van der Waals surface area contributed by atoms with Crippen LogP contribution in [0.4, 0.5) is 5.69 Å². The van der Waals surface area contributed by atoms with E-state index < -0.39 is 0 Å². The van der Waals surface area contributed by atoms with Crippen molar-refractivity contribution in [2.45, 2.75) is 20.4 Å². The molecule has 2 heterocycles. The van der Waals surface area contributed by atoms with Gasteiger partial charge in [0.15, 0.2) is 0 Å². The number of nitrogens with zero attached hydrogens (tertiary/aromatic N) is 2. The number of aromatic nitrogens is 3. The fourth-order valence-electron chi connectivity index (χ4n) is 1.46. The fourth-order valence-corrected chi connectivity index (χ4v) is 1.65. The van der Waals surface area contributed by atoms with E-state index in [0.29, 0.717) is 11.7 Å². The van der Waals surface area contributed by atoms with Gasteiger partial charge >= 0.3 is 0 Å². The lowest BCUT2D eigenvalue weighted by Crippen LogP contribution is -2.03. The molecule has 2 N–H and O–H groups in total. The Hall–Kier alpha value is -1.55. The average molecular weight is 237 g/mol. The molecular weight excluding hydrogens is 224 g/mol. The Kier molecular flexibility index (Phi) is 3.10. The first-order valence-electron chi connectivity index (χ1n) is 5.02. The van der Waals surface area contributed by atoms with Crippen LogP contribution in [0.5, 0.6) is 0 Å². The molecule has 0 bridgehead atoms. The standard InChI is InChI=1S/C11H13ClN4/c1-7-10(15-6-14-7)5-13-9-3-4-11(12)16-8(9)2/h3-4,6,13H,5H2,1-2H3,(H,14,15).